The molecule has 3 rings (SSSR count). The molecule has 1 N–H and O–H groups in total. The van der Waals surface area contributed by atoms with E-state index in [1.165, 1.54) is 4.90 Å². The van der Waals surface area contributed by atoms with E-state index in [0.29, 0.717) is 25.1 Å². The number of hydrogen-bond acceptors (Lipinski definition) is 4. The summed E-state index contributed by atoms with van der Waals surface area (Å²) in [6.07, 6.45) is 2.01. The fourth-order valence-corrected chi connectivity index (χ4v) is 5.28. The largest absolute Gasteiger partial charge is 0.354 e. The summed E-state index contributed by atoms with van der Waals surface area (Å²) < 4.78 is 27.1. The number of anilines is 1. The molecule has 1 unspecified atom stereocenters. The zero-order valence-corrected chi connectivity index (χ0v) is 24.0. The van der Waals surface area contributed by atoms with Gasteiger partial charge in [0.15, 0.2) is 0 Å². The molecule has 8 heteroatoms. The lowest BCUT2D eigenvalue weighted by molar-refractivity contribution is -0.140. The van der Waals surface area contributed by atoms with Crippen molar-refractivity contribution in [2.24, 2.45) is 5.92 Å². The van der Waals surface area contributed by atoms with Crippen molar-refractivity contribution in [2.75, 3.05) is 23.7 Å². The lowest BCUT2D eigenvalue weighted by Crippen LogP contribution is -2.53. The van der Waals surface area contributed by atoms with Gasteiger partial charge in [-0.15, -0.1) is 0 Å². The lowest BCUT2D eigenvalue weighted by Gasteiger charge is -2.34. The van der Waals surface area contributed by atoms with E-state index in [1.54, 1.807) is 12.1 Å². The number of nitrogens with zero attached hydrogens (tertiary/aromatic N) is 2. The first-order chi connectivity index (χ1) is 18.6. The first-order valence-electron chi connectivity index (χ1n) is 13.3. The molecule has 0 spiro atoms. The molecule has 208 valence electrons. The van der Waals surface area contributed by atoms with E-state index in [9.17, 15) is 18.0 Å². The van der Waals surface area contributed by atoms with Crippen LogP contribution in [-0.2, 0) is 39.0 Å². The van der Waals surface area contributed by atoms with Gasteiger partial charge in [-0.3, -0.25) is 13.9 Å². The van der Waals surface area contributed by atoms with Crippen LogP contribution in [-0.4, -0.2) is 50.5 Å². The fraction of sp³-hybridized carbons (Fsp3) is 0.355. The second kappa shape index (κ2) is 13.9. The van der Waals surface area contributed by atoms with Crippen molar-refractivity contribution in [3.8, 4) is 0 Å². The Morgan fingerprint density at radius 2 is 1.41 bits per heavy atom. The van der Waals surface area contributed by atoms with Crippen molar-refractivity contribution in [1.82, 2.24) is 10.2 Å². The number of aryl methyl sites for hydroxylation is 1. The van der Waals surface area contributed by atoms with Gasteiger partial charge in [0.1, 0.15) is 12.6 Å². The van der Waals surface area contributed by atoms with E-state index < -0.39 is 28.5 Å². The molecule has 3 aromatic rings. The molecule has 0 aliphatic rings. The van der Waals surface area contributed by atoms with E-state index in [2.05, 4.69) is 5.32 Å². The molecule has 7 nitrogen and oxygen atoms in total. The third kappa shape index (κ3) is 8.68. The predicted molar refractivity (Wildman–Crippen MR) is 157 cm³/mol. The van der Waals surface area contributed by atoms with Crippen molar-refractivity contribution in [3.05, 3.63) is 102 Å². The average molecular weight is 550 g/mol. The van der Waals surface area contributed by atoms with Gasteiger partial charge in [0, 0.05) is 19.5 Å². The van der Waals surface area contributed by atoms with E-state index in [0.717, 1.165) is 27.3 Å². The second-order valence-electron chi connectivity index (χ2n) is 10.1. The number of benzene rings is 3. The smallest absolute Gasteiger partial charge is 0.244 e. The normalized spacial score (nSPS) is 12.1. The molecule has 39 heavy (non-hydrogen) atoms. The fourth-order valence-electron chi connectivity index (χ4n) is 4.40. The van der Waals surface area contributed by atoms with E-state index in [4.69, 9.17) is 0 Å². The molecule has 0 aliphatic heterocycles. The Morgan fingerprint density at radius 1 is 0.846 bits per heavy atom. The van der Waals surface area contributed by atoms with E-state index >= 15 is 0 Å². The maximum atomic E-state index is 14.1. The van der Waals surface area contributed by atoms with Crippen LogP contribution in [0, 0.1) is 5.92 Å². The first kappa shape index (κ1) is 29.9. The molecule has 0 fully saturated rings. The molecule has 0 saturated carbocycles. The summed E-state index contributed by atoms with van der Waals surface area (Å²) in [6, 6.07) is 25.3. The summed E-state index contributed by atoms with van der Waals surface area (Å²) in [5.41, 5.74) is 3.05. The Hall–Kier alpha value is -3.65. The highest BCUT2D eigenvalue weighted by Crippen LogP contribution is 2.24. The van der Waals surface area contributed by atoms with Gasteiger partial charge in [-0.2, -0.15) is 0 Å². The minimum Gasteiger partial charge on any atom is -0.354 e. The SMILES string of the molecule is CCc1ccccc1N(CC(=O)N(Cc1ccccc1)C(Cc1ccccc1)C(=O)NCC(C)C)S(C)(=O)=O. The van der Waals surface area contributed by atoms with Gasteiger partial charge in [0.25, 0.3) is 0 Å². The zero-order chi connectivity index (χ0) is 28.4. The van der Waals surface area contributed by atoms with Crippen molar-refractivity contribution in [3.63, 3.8) is 0 Å². The molecule has 2 amide bonds. The Bertz CT molecular complexity index is 1330. The number of nitrogens with one attached hydrogen (secondary N) is 1. The monoisotopic (exact) mass is 549 g/mol. The quantitative estimate of drug-likeness (QED) is 0.342. The van der Waals surface area contributed by atoms with Crippen molar-refractivity contribution >= 4 is 27.5 Å². The number of para-hydroxylation sites is 1. The maximum absolute atomic E-state index is 14.1. The third-order valence-electron chi connectivity index (χ3n) is 6.47. The highest BCUT2D eigenvalue weighted by atomic mass is 32.2. The molecule has 1 atom stereocenters. The standard InChI is InChI=1S/C31H39N3O4S/c1-5-27-18-12-13-19-28(27)34(39(4,37)38)23-30(35)33(22-26-16-10-7-11-17-26)29(31(36)32-21-24(2)3)20-25-14-8-6-9-15-25/h6-19,24,29H,5,20-23H2,1-4H3,(H,32,36). The van der Waals surface area contributed by atoms with Crippen molar-refractivity contribution in [1.29, 1.82) is 0 Å². The first-order valence-corrected chi connectivity index (χ1v) is 15.2. The summed E-state index contributed by atoms with van der Waals surface area (Å²) in [7, 11) is -3.79. The predicted octanol–water partition coefficient (Wildman–Crippen LogP) is 4.43. The van der Waals surface area contributed by atoms with Crippen molar-refractivity contribution in [2.45, 2.75) is 46.2 Å². The molecule has 0 aliphatic carbocycles. The van der Waals surface area contributed by atoms with Crippen LogP contribution >= 0.6 is 0 Å². The van der Waals surface area contributed by atoms with Gasteiger partial charge >= 0.3 is 0 Å². The molecule has 0 aromatic heterocycles. The molecule has 0 saturated heterocycles. The Balaban J connectivity index is 2.04. The van der Waals surface area contributed by atoms with Crippen LogP contribution in [0.2, 0.25) is 0 Å². The summed E-state index contributed by atoms with van der Waals surface area (Å²) >= 11 is 0. The Kier molecular flexibility index (Phi) is 10.7. The zero-order valence-electron chi connectivity index (χ0n) is 23.2. The molecule has 0 heterocycles. The van der Waals surface area contributed by atoms with Crippen LogP contribution < -0.4 is 9.62 Å². The number of rotatable bonds is 13. The molecular weight excluding hydrogens is 510 g/mol. The summed E-state index contributed by atoms with van der Waals surface area (Å²) in [4.78, 5) is 29.2. The van der Waals surface area contributed by atoms with Gasteiger partial charge in [0.05, 0.1) is 11.9 Å². The number of amides is 2. The number of carbonyl (C=O) groups excluding carboxylic acids is 2. The maximum Gasteiger partial charge on any atom is 0.244 e. The molecule has 0 bridgehead atoms. The van der Waals surface area contributed by atoms with Crippen LogP contribution in [0.3, 0.4) is 0 Å². The summed E-state index contributed by atoms with van der Waals surface area (Å²) in [6.45, 7) is 6.18. The van der Waals surface area contributed by atoms with Crippen LogP contribution in [0.25, 0.3) is 0 Å². The topological polar surface area (TPSA) is 86.8 Å². The van der Waals surface area contributed by atoms with Gasteiger partial charge in [0.2, 0.25) is 21.8 Å². The molecule has 0 radical (unpaired) electrons. The molecule has 3 aromatic carbocycles. The van der Waals surface area contributed by atoms with Crippen LogP contribution in [0.15, 0.2) is 84.9 Å². The van der Waals surface area contributed by atoms with Gasteiger partial charge < -0.3 is 10.2 Å². The van der Waals surface area contributed by atoms with Gasteiger partial charge in [-0.25, -0.2) is 8.42 Å². The Morgan fingerprint density at radius 3 is 1.97 bits per heavy atom. The van der Waals surface area contributed by atoms with Gasteiger partial charge in [-0.1, -0.05) is 99.6 Å². The molecular formula is C31H39N3O4S. The highest BCUT2D eigenvalue weighted by molar-refractivity contribution is 7.92. The van der Waals surface area contributed by atoms with Crippen LogP contribution in [0.5, 0.6) is 0 Å². The number of hydrogen-bond donors (Lipinski definition) is 1. The van der Waals surface area contributed by atoms with Crippen LogP contribution in [0.4, 0.5) is 5.69 Å². The second-order valence-corrected chi connectivity index (χ2v) is 12.0. The minimum absolute atomic E-state index is 0.166. The summed E-state index contributed by atoms with van der Waals surface area (Å²) in [5.74, 6) is -0.483. The van der Waals surface area contributed by atoms with Crippen LogP contribution in [0.1, 0.15) is 37.5 Å². The lowest BCUT2D eigenvalue weighted by atomic mass is 10.0. The van der Waals surface area contributed by atoms with Crippen molar-refractivity contribution < 1.29 is 18.0 Å². The Labute approximate surface area is 232 Å². The number of sulfonamides is 1. The third-order valence-corrected chi connectivity index (χ3v) is 7.60. The number of carbonyl (C=O) groups is 2. The summed E-state index contributed by atoms with van der Waals surface area (Å²) in [5, 5.41) is 2.99. The highest BCUT2D eigenvalue weighted by Gasteiger charge is 2.33. The minimum atomic E-state index is -3.79. The van der Waals surface area contributed by atoms with E-state index in [-0.39, 0.29) is 18.4 Å². The van der Waals surface area contributed by atoms with E-state index in [1.807, 2.05) is 93.6 Å². The van der Waals surface area contributed by atoms with Gasteiger partial charge in [-0.05, 0) is 35.1 Å². The average Bonchev–Trinajstić information content (AvgIpc) is 2.92.